The van der Waals surface area contributed by atoms with E-state index < -0.39 is 11.9 Å². The largest absolute Gasteiger partial charge is 0.495 e. The van der Waals surface area contributed by atoms with Gasteiger partial charge in [0.2, 0.25) is 0 Å². The first-order valence-corrected chi connectivity index (χ1v) is 10.2. The number of halogens is 1. The molecule has 1 atom stereocenters. The van der Waals surface area contributed by atoms with E-state index in [9.17, 15) is 4.79 Å². The summed E-state index contributed by atoms with van der Waals surface area (Å²) in [5, 5.41) is 4.09. The molecule has 0 aliphatic rings. The Morgan fingerprint density at radius 3 is 2.34 bits per heavy atom. The number of carbonyl (C=O) groups excluding carboxylic acids is 1. The quantitative estimate of drug-likeness (QED) is 0.332. The summed E-state index contributed by atoms with van der Waals surface area (Å²) in [6, 6.07) is 10.8. The summed E-state index contributed by atoms with van der Waals surface area (Å²) in [6.07, 6.45) is 3.58. The Bertz CT molecular complexity index is 1200. The molecule has 0 bridgehead atoms. The molecular formula is C22H19BrN4O5. The topological polar surface area (TPSA) is 102 Å². The number of Topliss-reactive ketones (excluding diaryl/α,β-unsaturated/α-hetero) is 1. The predicted octanol–water partition coefficient (Wildman–Crippen LogP) is 4.27. The molecule has 4 aromatic rings. The molecular weight excluding hydrogens is 480 g/mol. The Labute approximate surface area is 192 Å². The van der Waals surface area contributed by atoms with E-state index in [2.05, 4.69) is 31.0 Å². The fourth-order valence-electron chi connectivity index (χ4n) is 3.19. The van der Waals surface area contributed by atoms with Crippen molar-refractivity contribution in [3.63, 3.8) is 0 Å². The normalized spacial score (nSPS) is 11.9. The summed E-state index contributed by atoms with van der Waals surface area (Å²) >= 11 is 3.44. The lowest BCUT2D eigenvalue weighted by molar-refractivity contribution is 0.0569. The summed E-state index contributed by atoms with van der Waals surface area (Å²) in [4.78, 5) is 21.4. The van der Waals surface area contributed by atoms with E-state index in [-0.39, 0.29) is 5.89 Å². The van der Waals surface area contributed by atoms with E-state index in [1.165, 1.54) is 19.7 Å². The lowest BCUT2D eigenvalue weighted by Crippen LogP contribution is -2.15. The molecule has 32 heavy (non-hydrogen) atoms. The standard InChI is InChI=1S/C22H19BrN4O5/c1-29-17-8-14(9-18(30-2)19(17)23)16-10-32-22(26-16)20(28)21(31-3)13-4-6-15(7-5-13)27-12-24-11-25-27/h4-12,21H,1-3H3. The lowest BCUT2D eigenvalue weighted by Gasteiger charge is -2.13. The van der Waals surface area contributed by atoms with E-state index >= 15 is 0 Å². The molecule has 9 nitrogen and oxygen atoms in total. The minimum absolute atomic E-state index is 0.0620. The summed E-state index contributed by atoms with van der Waals surface area (Å²) in [6.45, 7) is 0. The molecule has 0 amide bonds. The van der Waals surface area contributed by atoms with Gasteiger partial charge in [0.25, 0.3) is 11.7 Å². The third-order valence-electron chi connectivity index (χ3n) is 4.81. The second-order valence-corrected chi connectivity index (χ2v) is 7.44. The lowest BCUT2D eigenvalue weighted by atomic mass is 10.0. The molecule has 0 saturated carbocycles. The third-order valence-corrected chi connectivity index (χ3v) is 5.59. The van der Waals surface area contributed by atoms with Crippen molar-refractivity contribution in [3.8, 4) is 28.4 Å². The van der Waals surface area contributed by atoms with Crippen LogP contribution in [0.15, 0.2) is 64.2 Å². The molecule has 4 rings (SSSR count). The molecule has 0 saturated heterocycles. The van der Waals surface area contributed by atoms with E-state index in [1.54, 1.807) is 49.5 Å². The number of benzene rings is 2. The van der Waals surface area contributed by atoms with Gasteiger partial charge in [-0.15, -0.1) is 0 Å². The molecule has 10 heteroatoms. The van der Waals surface area contributed by atoms with Crippen LogP contribution in [0.2, 0.25) is 0 Å². The number of nitrogens with zero attached hydrogens (tertiary/aromatic N) is 4. The van der Waals surface area contributed by atoms with E-state index in [1.807, 2.05) is 12.1 Å². The molecule has 0 aliphatic carbocycles. The van der Waals surface area contributed by atoms with Crippen LogP contribution in [0.1, 0.15) is 22.4 Å². The van der Waals surface area contributed by atoms with Gasteiger partial charge in [-0.1, -0.05) is 12.1 Å². The monoisotopic (exact) mass is 498 g/mol. The van der Waals surface area contributed by atoms with Crippen LogP contribution in [0, 0.1) is 0 Å². The highest BCUT2D eigenvalue weighted by Gasteiger charge is 2.27. The number of methoxy groups -OCH3 is 3. The van der Waals surface area contributed by atoms with E-state index in [4.69, 9.17) is 18.6 Å². The maximum atomic E-state index is 13.1. The van der Waals surface area contributed by atoms with E-state index in [0.717, 1.165) is 5.69 Å². The zero-order chi connectivity index (χ0) is 22.7. The number of ketones is 1. The molecule has 2 aromatic heterocycles. The molecule has 0 fully saturated rings. The Kier molecular flexibility index (Phi) is 6.33. The second-order valence-electron chi connectivity index (χ2n) is 6.64. The zero-order valence-electron chi connectivity index (χ0n) is 17.5. The van der Waals surface area contributed by atoms with Gasteiger partial charge >= 0.3 is 0 Å². The van der Waals surface area contributed by atoms with Crippen molar-refractivity contribution >= 4 is 21.7 Å². The van der Waals surface area contributed by atoms with Crippen LogP contribution in [0.25, 0.3) is 16.9 Å². The molecule has 0 aliphatic heterocycles. The SMILES string of the molecule is COc1cc(-c2coc(C(=O)C(OC)c3ccc(-n4cncn4)cc3)n2)cc(OC)c1Br. The predicted molar refractivity (Wildman–Crippen MR) is 118 cm³/mol. The highest BCUT2D eigenvalue weighted by atomic mass is 79.9. The van der Waals surface area contributed by atoms with Crippen molar-refractivity contribution in [2.24, 2.45) is 0 Å². The summed E-state index contributed by atoms with van der Waals surface area (Å²) in [5.41, 5.74) is 2.61. The second kappa shape index (κ2) is 9.33. The molecule has 0 spiro atoms. The van der Waals surface area contributed by atoms with Gasteiger partial charge < -0.3 is 18.6 Å². The highest BCUT2D eigenvalue weighted by Crippen LogP contribution is 2.38. The van der Waals surface area contributed by atoms with Crippen LogP contribution >= 0.6 is 15.9 Å². The molecule has 2 aromatic carbocycles. The Balaban J connectivity index is 1.60. The van der Waals surface area contributed by atoms with Gasteiger partial charge in [-0.3, -0.25) is 4.79 Å². The van der Waals surface area contributed by atoms with Gasteiger partial charge in [0, 0.05) is 12.7 Å². The minimum atomic E-state index is -0.875. The first-order valence-electron chi connectivity index (χ1n) is 9.45. The van der Waals surface area contributed by atoms with Crippen molar-refractivity contribution in [2.45, 2.75) is 6.10 Å². The maximum absolute atomic E-state index is 13.1. The first kappa shape index (κ1) is 21.7. The smallest absolute Gasteiger partial charge is 0.266 e. The minimum Gasteiger partial charge on any atom is -0.495 e. The van der Waals surface area contributed by atoms with Crippen molar-refractivity contribution in [1.29, 1.82) is 0 Å². The van der Waals surface area contributed by atoms with Crippen molar-refractivity contribution < 1.29 is 23.4 Å². The fraction of sp³-hybridized carbons (Fsp3) is 0.182. The maximum Gasteiger partial charge on any atom is 0.266 e. The Morgan fingerprint density at radius 2 is 1.78 bits per heavy atom. The number of hydrogen-bond acceptors (Lipinski definition) is 8. The van der Waals surface area contributed by atoms with Gasteiger partial charge in [-0.05, 0) is 45.8 Å². The third kappa shape index (κ3) is 4.14. The van der Waals surface area contributed by atoms with Gasteiger partial charge in [-0.2, -0.15) is 5.10 Å². The van der Waals surface area contributed by atoms with Crippen LogP contribution in [-0.4, -0.2) is 46.9 Å². The highest BCUT2D eigenvalue weighted by molar-refractivity contribution is 9.10. The molecule has 0 radical (unpaired) electrons. The molecule has 2 heterocycles. The number of ether oxygens (including phenoxy) is 3. The Hall–Kier alpha value is -3.50. The van der Waals surface area contributed by atoms with Gasteiger partial charge in [0.05, 0.1) is 19.9 Å². The van der Waals surface area contributed by atoms with Gasteiger partial charge in [-0.25, -0.2) is 14.6 Å². The first-order chi connectivity index (χ1) is 15.5. The summed E-state index contributed by atoms with van der Waals surface area (Å²) < 4.78 is 24.0. The number of rotatable bonds is 8. The van der Waals surface area contributed by atoms with Gasteiger partial charge in [0.15, 0.2) is 6.10 Å². The van der Waals surface area contributed by atoms with Crippen LogP contribution in [0.4, 0.5) is 0 Å². The summed E-state index contributed by atoms with van der Waals surface area (Å²) in [7, 11) is 4.57. The van der Waals surface area contributed by atoms with Crippen molar-refractivity contribution in [2.75, 3.05) is 21.3 Å². The number of carbonyl (C=O) groups is 1. The van der Waals surface area contributed by atoms with Crippen LogP contribution in [0.5, 0.6) is 11.5 Å². The van der Waals surface area contributed by atoms with Gasteiger partial charge in [0.1, 0.15) is 40.6 Å². The molecule has 0 N–H and O–H groups in total. The van der Waals surface area contributed by atoms with Crippen LogP contribution in [-0.2, 0) is 4.74 Å². The summed E-state index contributed by atoms with van der Waals surface area (Å²) in [5.74, 6) is 0.672. The van der Waals surface area contributed by atoms with Crippen LogP contribution < -0.4 is 9.47 Å². The molecule has 164 valence electrons. The molecule has 1 unspecified atom stereocenters. The number of hydrogen-bond donors (Lipinski definition) is 0. The average Bonchev–Trinajstić information content (AvgIpc) is 3.53. The Morgan fingerprint density at radius 1 is 1.09 bits per heavy atom. The zero-order valence-corrected chi connectivity index (χ0v) is 19.1. The van der Waals surface area contributed by atoms with Crippen molar-refractivity contribution in [3.05, 3.63) is 71.2 Å². The fourth-order valence-corrected chi connectivity index (χ4v) is 3.74. The van der Waals surface area contributed by atoms with Crippen LogP contribution in [0.3, 0.4) is 0 Å². The average molecular weight is 499 g/mol. The van der Waals surface area contributed by atoms with Crippen molar-refractivity contribution in [1.82, 2.24) is 19.7 Å². The number of oxazole rings is 1. The van der Waals surface area contributed by atoms with E-state index in [0.29, 0.717) is 32.8 Å². The number of aromatic nitrogens is 4.